The van der Waals surface area contributed by atoms with E-state index in [0.717, 1.165) is 6.07 Å². The number of fused-ring (bicyclic) bond motifs is 1. The van der Waals surface area contributed by atoms with Crippen molar-refractivity contribution in [3.05, 3.63) is 53.9 Å². The second-order valence-electron chi connectivity index (χ2n) is 4.80. The summed E-state index contributed by atoms with van der Waals surface area (Å²) in [4.78, 5) is 4.26. The summed E-state index contributed by atoms with van der Waals surface area (Å²) in [7, 11) is 0. The van der Waals surface area contributed by atoms with Gasteiger partial charge in [0.15, 0.2) is 11.6 Å². The molecule has 0 saturated heterocycles. The summed E-state index contributed by atoms with van der Waals surface area (Å²) >= 11 is 0. The van der Waals surface area contributed by atoms with Crippen molar-refractivity contribution in [1.82, 2.24) is 9.55 Å². The fourth-order valence-corrected chi connectivity index (χ4v) is 2.31. The first-order chi connectivity index (χ1) is 9.99. The van der Waals surface area contributed by atoms with E-state index in [2.05, 4.69) is 4.98 Å². The number of hydrogen-bond acceptors (Lipinski definition) is 3. The molecule has 0 bridgehead atoms. The largest absolute Gasteiger partial charge is 0.399 e. The number of aliphatic hydroxyl groups excluding tert-OH is 1. The number of imidazole rings is 1. The van der Waals surface area contributed by atoms with Crippen LogP contribution in [0.2, 0.25) is 0 Å². The quantitative estimate of drug-likeness (QED) is 0.713. The molecule has 1 aromatic heterocycles. The number of aliphatic hydroxyl groups is 1. The number of halogens is 2. The predicted octanol–water partition coefficient (Wildman–Crippen LogP) is 2.94. The Morgan fingerprint density at radius 2 is 2.00 bits per heavy atom. The molecule has 3 N–H and O–H groups in total. The third-order valence-electron chi connectivity index (χ3n) is 3.25. The predicted molar refractivity (Wildman–Crippen MR) is 76.0 cm³/mol. The van der Waals surface area contributed by atoms with Crippen LogP contribution in [0.5, 0.6) is 0 Å². The van der Waals surface area contributed by atoms with Crippen LogP contribution >= 0.6 is 0 Å². The maximum Gasteiger partial charge on any atom is 0.182 e. The van der Waals surface area contributed by atoms with Gasteiger partial charge in [0, 0.05) is 5.69 Å². The van der Waals surface area contributed by atoms with E-state index >= 15 is 0 Å². The van der Waals surface area contributed by atoms with Crippen molar-refractivity contribution in [2.24, 2.45) is 0 Å². The molecule has 0 aliphatic rings. The lowest BCUT2D eigenvalue weighted by Gasteiger charge is -2.12. The van der Waals surface area contributed by atoms with E-state index in [1.54, 1.807) is 18.2 Å². The van der Waals surface area contributed by atoms with Crippen LogP contribution in [-0.4, -0.2) is 14.7 Å². The number of nitrogens with zero attached hydrogens (tertiary/aromatic N) is 2. The molecule has 1 atom stereocenters. The average Bonchev–Trinajstić information content (AvgIpc) is 2.80. The lowest BCUT2D eigenvalue weighted by Crippen LogP contribution is -2.07. The van der Waals surface area contributed by atoms with E-state index in [-0.39, 0.29) is 11.5 Å². The van der Waals surface area contributed by atoms with Gasteiger partial charge in [-0.15, -0.1) is 0 Å². The Kier molecular flexibility index (Phi) is 3.10. The van der Waals surface area contributed by atoms with Gasteiger partial charge in [0.1, 0.15) is 11.9 Å². The molecule has 3 aromatic rings. The van der Waals surface area contributed by atoms with Gasteiger partial charge in [0.25, 0.3) is 0 Å². The van der Waals surface area contributed by atoms with Crippen molar-refractivity contribution >= 4 is 16.7 Å². The van der Waals surface area contributed by atoms with Gasteiger partial charge in [-0.25, -0.2) is 13.8 Å². The minimum absolute atomic E-state index is 0.00169. The molecule has 0 radical (unpaired) electrons. The van der Waals surface area contributed by atoms with Gasteiger partial charge in [-0.3, -0.25) is 4.57 Å². The van der Waals surface area contributed by atoms with Crippen molar-refractivity contribution in [2.75, 3.05) is 5.73 Å². The number of benzene rings is 2. The van der Waals surface area contributed by atoms with E-state index in [4.69, 9.17) is 5.73 Å². The van der Waals surface area contributed by atoms with Crippen molar-refractivity contribution in [1.29, 1.82) is 0 Å². The van der Waals surface area contributed by atoms with Gasteiger partial charge in [-0.05, 0) is 37.3 Å². The second-order valence-corrected chi connectivity index (χ2v) is 4.80. The molecule has 1 unspecified atom stereocenters. The van der Waals surface area contributed by atoms with E-state index in [9.17, 15) is 13.9 Å². The molecule has 0 aliphatic heterocycles. The molecule has 1 heterocycles. The van der Waals surface area contributed by atoms with Crippen molar-refractivity contribution in [3.63, 3.8) is 0 Å². The van der Waals surface area contributed by atoms with Crippen molar-refractivity contribution in [3.8, 4) is 5.69 Å². The SMILES string of the molecule is CC(O)c1nc2cc(N)ccc2n1-c1cccc(F)c1F. The molecule has 4 nitrogen and oxygen atoms in total. The standard InChI is InChI=1S/C15H13F2N3O/c1-8(21)15-19-11-7-9(18)5-6-12(11)20(15)13-4-2-3-10(16)14(13)17/h2-8,21H,18H2,1H3. The van der Waals surface area contributed by atoms with Gasteiger partial charge < -0.3 is 10.8 Å². The summed E-state index contributed by atoms with van der Waals surface area (Å²) < 4.78 is 29.0. The van der Waals surface area contributed by atoms with Gasteiger partial charge in [-0.1, -0.05) is 6.07 Å². The fraction of sp³-hybridized carbons (Fsp3) is 0.133. The second kappa shape index (κ2) is 4.82. The Bertz CT molecular complexity index is 827. The molecular weight excluding hydrogens is 276 g/mol. The Morgan fingerprint density at radius 1 is 1.24 bits per heavy atom. The first-order valence-corrected chi connectivity index (χ1v) is 6.39. The van der Waals surface area contributed by atoms with Crippen molar-refractivity contribution in [2.45, 2.75) is 13.0 Å². The molecule has 6 heteroatoms. The van der Waals surface area contributed by atoms with Crippen molar-refractivity contribution < 1.29 is 13.9 Å². The van der Waals surface area contributed by atoms with Crippen LogP contribution in [0, 0.1) is 11.6 Å². The first-order valence-electron chi connectivity index (χ1n) is 6.39. The van der Waals surface area contributed by atoms with Crippen LogP contribution in [-0.2, 0) is 0 Å². The third-order valence-corrected chi connectivity index (χ3v) is 3.25. The van der Waals surface area contributed by atoms with Crippen LogP contribution in [0.25, 0.3) is 16.7 Å². The van der Waals surface area contributed by atoms with Crippen LogP contribution in [0.3, 0.4) is 0 Å². The molecule has 2 aromatic carbocycles. The lowest BCUT2D eigenvalue weighted by atomic mass is 10.2. The van der Waals surface area contributed by atoms with Crippen LogP contribution in [0.1, 0.15) is 18.9 Å². The van der Waals surface area contributed by atoms with E-state index in [1.165, 1.54) is 23.6 Å². The number of nitrogen functional groups attached to an aromatic ring is 1. The first kappa shape index (κ1) is 13.5. The fourth-order valence-electron chi connectivity index (χ4n) is 2.31. The number of hydrogen-bond donors (Lipinski definition) is 2. The normalized spacial score (nSPS) is 12.8. The topological polar surface area (TPSA) is 64.1 Å². The summed E-state index contributed by atoms with van der Waals surface area (Å²) in [6.45, 7) is 1.51. The Hall–Kier alpha value is -2.47. The molecule has 108 valence electrons. The molecule has 0 aliphatic carbocycles. The summed E-state index contributed by atoms with van der Waals surface area (Å²) in [6, 6.07) is 8.80. The van der Waals surface area contributed by atoms with E-state index in [0.29, 0.717) is 16.7 Å². The van der Waals surface area contributed by atoms with Gasteiger partial charge >= 0.3 is 0 Å². The number of nitrogens with two attached hydrogens (primary N) is 1. The van der Waals surface area contributed by atoms with E-state index < -0.39 is 17.7 Å². The Labute approximate surface area is 119 Å². The minimum Gasteiger partial charge on any atom is -0.399 e. The monoisotopic (exact) mass is 289 g/mol. The highest BCUT2D eigenvalue weighted by Crippen LogP contribution is 2.28. The average molecular weight is 289 g/mol. The highest BCUT2D eigenvalue weighted by molar-refractivity contribution is 5.81. The lowest BCUT2D eigenvalue weighted by molar-refractivity contribution is 0.187. The molecule has 0 fully saturated rings. The van der Waals surface area contributed by atoms with Crippen LogP contribution in [0.4, 0.5) is 14.5 Å². The van der Waals surface area contributed by atoms with Gasteiger partial charge in [0.05, 0.1) is 16.7 Å². The Balaban J connectivity index is 2.39. The maximum atomic E-state index is 14.1. The number of rotatable bonds is 2. The Morgan fingerprint density at radius 3 is 2.71 bits per heavy atom. The van der Waals surface area contributed by atoms with Gasteiger partial charge in [0.2, 0.25) is 0 Å². The number of aromatic nitrogens is 2. The summed E-state index contributed by atoms with van der Waals surface area (Å²) in [5.74, 6) is -1.73. The molecule has 0 amide bonds. The highest BCUT2D eigenvalue weighted by atomic mass is 19.2. The molecule has 0 saturated carbocycles. The zero-order valence-corrected chi connectivity index (χ0v) is 11.2. The molecule has 0 spiro atoms. The summed E-state index contributed by atoms with van der Waals surface area (Å²) in [6.07, 6.45) is -0.943. The smallest absolute Gasteiger partial charge is 0.182 e. The third kappa shape index (κ3) is 2.13. The summed E-state index contributed by atoms with van der Waals surface area (Å²) in [5, 5.41) is 9.87. The maximum absolute atomic E-state index is 14.1. The minimum atomic E-state index is -0.990. The van der Waals surface area contributed by atoms with Crippen LogP contribution in [0.15, 0.2) is 36.4 Å². The van der Waals surface area contributed by atoms with E-state index in [1.807, 2.05) is 0 Å². The molecular formula is C15H13F2N3O. The zero-order valence-electron chi connectivity index (χ0n) is 11.2. The summed E-state index contributed by atoms with van der Waals surface area (Å²) in [5.41, 5.74) is 7.26. The van der Waals surface area contributed by atoms with Crippen LogP contribution < -0.4 is 5.73 Å². The molecule has 3 rings (SSSR count). The number of anilines is 1. The van der Waals surface area contributed by atoms with Gasteiger partial charge in [-0.2, -0.15) is 0 Å². The molecule has 21 heavy (non-hydrogen) atoms. The highest BCUT2D eigenvalue weighted by Gasteiger charge is 2.20. The zero-order chi connectivity index (χ0) is 15.1.